The van der Waals surface area contributed by atoms with Crippen LogP contribution in [0.1, 0.15) is 11.1 Å². The number of halogens is 1. The second kappa shape index (κ2) is 7.42. The maximum Gasteiger partial charge on any atom is 0.128 e. The van der Waals surface area contributed by atoms with Gasteiger partial charge in [0.2, 0.25) is 0 Å². The second-order valence-corrected chi connectivity index (χ2v) is 6.27. The number of benzene rings is 3. The minimum atomic E-state index is -0.165. The predicted molar refractivity (Wildman–Crippen MR) is 104 cm³/mol. The molecule has 26 heavy (non-hydrogen) atoms. The van der Waals surface area contributed by atoms with Gasteiger partial charge in [-0.1, -0.05) is 42.5 Å². The van der Waals surface area contributed by atoms with E-state index in [-0.39, 0.29) is 5.82 Å². The van der Waals surface area contributed by atoms with Crippen LogP contribution in [0.3, 0.4) is 0 Å². The first-order valence-electron chi connectivity index (χ1n) is 8.65. The van der Waals surface area contributed by atoms with Crippen molar-refractivity contribution in [3.8, 4) is 0 Å². The third-order valence-corrected chi connectivity index (χ3v) is 4.43. The maximum atomic E-state index is 13.9. The van der Waals surface area contributed by atoms with E-state index in [1.165, 1.54) is 11.6 Å². The lowest BCUT2D eigenvalue weighted by Crippen LogP contribution is -2.20. The molecule has 4 heteroatoms. The molecule has 0 amide bonds. The number of anilines is 1. The van der Waals surface area contributed by atoms with E-state index >= 15 is 0 Å². The van der Waals surface area contributed by atoms with E-state index in [4.69, 9.17) is 0 Å². The van der Waals surface area contributed by atoms with Gasteiger partial charge < -0.3 is 9.99 Å². The summed E-state index contributed by atoms with van der Waals surface area (Å²) in [5.41, 5.74) is 10.4. The average Bonchev–Trinajstić information content (AvgIpc) is 3.07. The fourth-order valence-electron chi connectivity index (χ4n) is 3.08. The Hall–Kier alpha value is -3.11. The zero-order valence-electron chi connectivity index (χ0n) is 14.3. The van der Waals surface area contributed by atoms with Gasteiger partial charge in [0.25, 0.3) is 0 Å². The molecule has 3 aromatic carbocycles. The normalized spacial score (nSPS) is 11.0. The van der Waals surface area contributed by atoms with Crippen LogP contribution in [0.15, 0.2) is 85.1 Å². The molecule has 0 aliphatic carbocycles. The van der Waals surface area contributed by atoms with Crippen molar-refractivity contribution < 1.29 is 4.39 Å². The highest BCUT2D eigenvalue weighted by Crippen LogP contribution is 2.20. The molecule has 0 unspecified atom stereocenters. The van der Waals surface area contributed by atoms with Gasteiger partial charge in [0.05, 0.1) is 6.54 Å². The molecule has 130 valence electrons. The van der Waals surface area contributed by atoms with Crippen LogP contribution in [0.4, 0.5) is 10.1 Å². The van der Waals surface area contributed by atoms with Crippen molar-refractivity contribution in [1.29, 1.82) is 0 Å². The fourth-order valence-corrected chi connectivity index (χ4v) is 3.08. The molecule has 0 saturated carbocycles. The smallest absolute Gasteiger partial charge is 0.128 e. The number of para-hydroxylation sites is 1. The summed E-state index contributed by atoms with van der Waals surface area (Å²) in [7, 11) is 0. The topological polar surface area (TPSA) is 29.0 Å². The summed E-state index contributed by atoms with van der Waals surface area (Å²) in [6, 6.07) is 25.3. The fraction of sp³-hybridized carbons (Fsp3) is 0.0909. The number of hydrogen-bond acceptors (Lipinski definition) is 2. The first-order chi connectivity index (χ1) is 12.8. The molecule has 0 saturated heterocycles. The van der Waals surface area contributed by atoms with Crippen LogP contribution in [0.25, 0.3) is 10.9 Å². The van der Waals surface area contributed by atoms with E-state index in [1.54, 1.807) is 6.07 Å². The Morgan fingerprint density at radius 2 is 1.65 bits per heavy atom. The van der Waals surface area contributed by atoms with Gasteiger partial charge in [-0.15, -0.1) is 0 Å². The highest BCUT2D eigenvalue weighted by atomic mass is 19.1. The van der Waals surface area contributed by atoms with E-state index in [0.717, 1.165) is 16.6 Å². The largest absolute Gasteiger partial charge is 0.343 e. The number of rotatable bonds is 6. The zero-order chi connectivity index (χ0) is 17.8. The van der Waals surface area contributed by atoms with Crippen molar-refractivity contribution in [3.63, 3.8) is 0 Å². The molecule has 0 spiro atoms. The summed E-state index contributed by atoms with van der Waals surface area (Å²) < 4.78 is 16.0. The van der Waals surface area contributed by atoms with E-state index in [2.05, 4.69) is 39.7 Å². The van der Waals surface area contributed by atoms with Gasteiger partial charge >= 0.3 is 0 Å². The van der Waals surface area contributed by atoms with E-state index < -0.39 is 0 Å². The first-order valence-corrected chi connectivity index (χ1v) is 8.65. The molecule has 0 atom stereocenters. The van der Waals surface area contributed by atoms with Gasteiger partial charge in [0, 0.05) is 29.5 Å². The molecule has 4 rings (SSSR count). The van der Waals surface area contributed by atoms with Gasteiger partial charge in [-0.2, -0.15) is 0 Å². The molecule has 4 aromatic rings. The Kier molecular flexibility index (Phi) is 4.67. The van der Waals surface area contributed by atoms with Crippen LogP contribution in [0.2, 0.25) is 0 Å². The predicted octanol–water partition coefficient (Wildman–Crippen LogP) is 4.95. The van der Waals surface area contributed by atoms with Crippen LogP contribution in [0.5, 0.6) is 0 Å². The van der Waals surface area contributed by atoms with Crippen molar-refractivity contribution in [1.82, 2.24) is 9.99 Å². The number of hydrazine groups is 1. The monoisotopic (exact) mass is 345 g/mol. The number of hydrogen-bond donors (Lipinski definition) is 2. The number of nitrogens with one attached hydrogen (secondary N) is 2. The quantitative estimate of drug-likeness (QED) is 0.484. The van der Waals surface area contributed by atoms with Crippen LogP contribution < -0.4 is 10.9 Å². The standard InChI is InChI=1S/C22H20FN3/c23-21-9-5-4-6-19(21)16-26-13-12-18-14-17(10-11-22(18)26)15-24-25-20-7-2-1-3-8-20/h1-14,24-25H,15-16H2. The molecule has 0 aliphatic heterocycles. The summed E-state index contributed by atoms with van der Waals surface area (Å²) in [6.45, 7) is 1.24. The summed E-state index contributed by atoms with van der Waals surface area (Å²) in [4.78, 5) is 0. The van der Waals surface area contributed by atoms with Crippen LogP contribution in [-0.2, 0) is 13.1 Å². The Morgan fingerprint density at radius 1 is 0.846 bits per heavy atom. The lowest BCUT2D eigenvalue weighted by Gasteiger charge is -2.10. The molecule has 0 bridgehead atoms. The van der Waals surface area contributed by atoms with Crippen LogP contribution >= 0.6 is 0 Å². The third-order valence-electron chi connectivity index (χ3n) is 4.43. The van der Waals surface area contributed by atoms with E-state index in [9.17, 15) is 4.39 Å². The highest BCUT2D eigenvalue weighted by Gasteiger charge is 2.06. The molecule has 3 nitrogen and oxygen atoms in total. The highest BCUT2D eigenvalue weighted by molar-refractivity contribution is 5.81. The molecule has 0 aliphatic rings. The van der Waals surface area contributed by atoms with Gasteiger partial charge in [-0.05, 0) is 47.3 Å². The molecule has 0 fully saturated rings. The minimum Gasteiger partial charge on any atom is -0.343 e. The number of fused-ring (bicyclic) bond motifs is 1. The van der Waals surface area contributed by atoms with Gasteiger partial charge in [-0.3, -0.25) is 0 Å². The first kappa shape index (κ1) is 16.4. The Balaban J connectivity index is 1.46. The van der Waals surface area contributed by atoms with Gasteiger partial charge in [0.1, 0.15) is 5.82 Å². The Bertz CT molecular complexity index is 1010. The average molecular weight is 345 g/mol. The Morgan fingerprint density at radius 3 is 2.50 bits per heavy atom. The van der Waals surface area contributed by atoms with Crippen molar-refractivity contribution in [2.75, 3.05) is 5.43 Å². The van der Waals surface area contributed by atoms with E-state index in [1.807, 2.05) is 48.7 Å². The third kappa shape index (κ3) is 3.60. The van der Waals surface area contributed by atoms with Crippen LogP contribution in [0, 0.1) is 5.82 Å². The number of aromatic nitrogens is 1. The lowest BCUT2D eigenvalue weighted by molar-refractivity contribution is 0.602. The lowest BCUT2D eigenvalue weighted by atomic mass is 10.1. The van der Waals surface area contributed by atoms with Gasteiger partial charge in [0.15, 0.2) is 0 Å². The number of nitrogens with zero attached hydrogens (tertiary/aromatic N) is 1. The molecular formula is C22H20FN3. The summed E-state index contributed by atoms with van der Waals surface area (Å²) >= 11 is 0. The molecular weight excluding hydrogens is 325 g/mol. The van der Waals surface area contributed by atoms with Crippen molar-refractivity contribution >= 4 is 16.6 Å². The summed E-state index contributed by atoms with van der Waals surface area (Å²) in [6.07, 6.45) is 2.01. The summed E-state index contributed by atoms with van der Waals surface area (Å²) in [5, 5.41) is 1.15. The maximum absolute atomic E-state index is 13.9. The summed E-state index contributed by atoms with van der Waals surface area (Å²) in [5.74, 6) is -0.165. The van der Waals surface area contributed by atoms with E-state index in [0.29, 0.717) is 18.7 Å². The van der Waals surface area contributed by atoms with Crippen LogP contribution in [-0.4, -0.2) is 4.57 Å². The van der Waals surface area contributed by atoms with Gasteiger partial charge in [-0.25, -0.2) is 9.82 Å². The molecule has 1 heterocycles. The SMILES string of the molecule is Fc1ccccc1Cn1ccc2cc(CNNc3ccccc3)ccc21. The molecule has 1 aromatic heterocycles. The second-order valence-electron chi connectivity index (χ2n) is 6.27. The zero-order valence-corrected chi connectivity index (χ0v) is 14.3. The van der Waals surface area contributed by atoms with Crippen molar-refractivity contribution in [3.05, 3.63) is 102 Å². The molecule has 2 N–H and O–H groups in total. The Labute approximate surface area is 152 Å². The molecule has 0 radical (unpaired) electrons. The van der Waals surface area contributed by atoms with Crippen molar-refractivity contribution in [2.45, 2.75) is 13.1 Å². The van der Waals surface area contributed by atoms with Crippen molar-refractivity contribution in [2.24, 2.45) is 0 Å². The minimum absolute atomic E-state index is 0.165.